The number of fused-ring (bicyclic) bond motifs is 2. The van der Waals surface area contributed by atoms with E-state index in [-0.39, 0.29) is 6.10 Å². The van der Waals surface area contributed by atoms with Gasteiger partial charge in [-0.25, -0.2) is 0 Å². The van der Waals surface area contributed by atoms with Crippen LogP contribution in [-0.4, -0.2) is 47.4 Å². The summed E-state index contributed by atoms with van der Waals surface area (Å²) in [7, 11) is 0. The van der Waals surface area contributed by atoms with Gasteiger partial charge in [-0.15, -0.1) is 0 Å². The van der Waals surface area contributed by atoms with Crippen LogP contribution in [0, 0.1) is 0 Å². The number of morpholine rings is 1. The Morgan fingerprint density at radius 2 is 1.77 bits per heavy atom. The zero-order valence-corrected chi connectivity index (χ0v) is 8.44. The van der Waals surface area contributed by atoms with Gasteiger partial charge < -0.3 is 9.84 Å². The molecular formula is C10H19NO2. The van der Waals surface area contributed by atoms with Crippen molar-refractivity contribution in [3.05, 3.63) is 0 Å². The highest BCUT2D eigenvalue weighted by molar-refractivity contribution is 4.92. The molecule has 0 saturated carbocycles. The monoisotopic (exact) mass is 185 g/mol. The summed E-state index contributed by atoms with van der Waals surface area (Å²) in [6.45, 7) is 6.05. The fourth-order valence-electron chi connectivity index (χ4n) is 2.76. The van der Waals surface area contributed by atoms with Crippen LogP contribution in [0.4, 0.5) is 0 Å². The van der Waals surface area contributed by atoms with E-state index in [4.69, 9.17) is 4.74 Å². The highest BCUT2D eigenvalue weighted by Crippen LogP contribution is 2.29. The summed E-state index contributed by atoms with van der Waals surface area (Å²) < 4.78 is 5.51. The van der Waals surface area contributed by atoms with Crippen molar-refractivity contribution in [1.29, 1.82) is 0 Å². The molecule has 0 amide bonds. The highest BCUT2D eigenvalue weighted by Gasteiger charge is 2.39. The number of hydrogen-bond acceptors (Lipinski definition) is 3. The van der Waals surface area contributed by atoms with Crippen LogP contribution in [0.25, 0.3) is 0 Å². The average molecular weight is 185 g/mol. The third-order valence-electron chi connectivity index (χ3n) is 3.15. The number of ether oxygens (including phenoxy) is 1. The van der Waals surface area contributed by atoms with E-state index in [1.54, 1.807) is 0 Å². The molecule has 2 aliphatic heterocycles. The number of aliphatic hydroxyl groups is 1. The number of piperidine rings is 1. The van der Waals surface area contributed by atoms with Gasteiger partial charge in [-0.3, -0.25) is 4.90 Å². The third-order valence-corrected chi connectivity index (χ3v) is 3.15. The summed E-state index contributed by atoms with van der Waals surface area (Å²) >= 11 is 0. The van der Waals surface area contributed by atoms with Gasteiger partial charge in [-0.2, -0.15) is 0 Å². The Kier molecular flexibility index (Phi) is 2.58. The maximum absolute atomic E-state index is 9.63. The highest BCUT2D eigenvalue weighted by atomic mass is 16.5. The largest absolute Gasteiger partial charge is 0.393 e. The second-order valence-electron chi connectivity index (χ2n) is 4.51. The van der Waals surface area contributed by atoms with Crippen LogP contribution >= 0.6 is 0 Å². The van der Waals surface area contributed by atoms with Gasteiger partial charge >= 0.3 is 0 Å². The Morgan fingerprint density at radius 1 is 1.23 bits per heavy atom. The molecular weight excluding hydrogens is 166 g/mol. The average Bonchev–Trinajstić information content (AvgIpc) is 2.01. The van der Waals surface area contributed by atoms with E-state index in [2.05, 4.69) is 18.7 Å². The Morgan fingerprint density at radius 3 is 2.23 bits per heavy atom. The summed E-state index contributed by atoms with van der Waals surface area (Å²) in [5.41, 5.74) is 0. The number of rotatable bonds is 1. The summed E-state index contributed by atoms with van der Waals surface area (Å²) in [5.74, 6) is 0. The molecule has 2 bridgehead atoms. The van der Waals surface area contributed by atoms with Gasteiger partial charge in [0.05, 0.1) is 19.3 Å². The zero-order chi connectivity index (χ0) is 9.42. The topological polar surface area (TPSA) is 32.7 Å². The maximum Gasteiger partial charge on any atom is 0.0623 e. The van der Waals surface area contributed by atoms with Gasteiger partial charge in [0.1, 0.15) is 0 Å². The van der Waals surface area contributed by atoms with E-state index in [9.17, 15) is 5.11 Å². The predicted molar refractivity (Wildman–Crippen MR) is 50.6 cm³/mol. The smallest absolute Gasteiger partial charge is 0.0623 e. The van der Waals surface area contributed by atoms with Crippen LogP contribution in [0.3, 0.4) is 0 Å². The van der Waals surface area contributed by atoms with E-state index in [0.29, 0.717) is 18.1 Å². The van der Waals surface area contributed by atoms with Gasteiger partial charge in [0, 0.05) is 18.1 Å². The molecule has 2 saturated heterocycles. The van der Waals surface area contributed by atoms with Crippen molar-refractivity contribution in [3.8, 4) is 0 Å². The first kappa shape index (κ1) is 9.44. The molecule has 2 rings (SSSR count). The standard InChI is InChI=1S/C10H19NO2/c1-7(2)11-8-3-10(12)4-9(11)6-13-5-8/h7-10,12H,3-6H2,1-2H3/t8-,9+,10+. The van der Waals surface area contributed by atoms with E-state index in [1.807, 2.05) is 0 Å². The number of nitrogens with zero attached hydrogens (tertiary/aromatic N) is 1. The molecule has 0 unspecified atom stereocenters. The maximum atomic E-state index is 9.63. The van der Waals surface area contributed by atoms with Crippen LogP contribution in [0.5, 0.6) is 0 Å². The van der Waals surface area contributed by atoms with Crippen molar-refractivity contribution >= 4 is 0 Å². The van der Waals surface area contributed by atoms with Crippen LogP contribution in [0.1, 0.15) is 26.7 Å². The summed E-state index contributed by atoms with van der Waals surface area (Å²) in [6.07, 6.45) is 1.66. The van der Waals surface area contributed by atoms with Gasteiger partial charge in [0.2, 0.25) is 0 Å². The van der Waals surface area contributed by atoms with Gasteiger partial charge in [-0.1, -0.05) is 0 Å². The van der Waals surface area contributed by atoms with Crippen molar-refractivity contribution in [3.63, 3.8) is 0 Å². The summed E-state index contributed by atoms with van der Waals surface area (Å²) in [6, 6.07) is 1.47. The van der Waals surface area contributed by atoms with Crippen molar-refractivity contribution < 1.29 is 9.84 Å². The van der Waals surface area contributed by atoms with Crippen LogP contribution < -0.4 is 0 Å². The van der Waals surface area contributed by atoms with Crippen molar-refractivity contribution in [2.75, 3.05) is 13.2 Å². The molecule has 0 aromatic carbocycles. The SMILES string of the molecule is CC(C)N1[C@@H]2COC[C@H]1C[C@H](O)C2. The minimum absolute atomic E-state index is 0.103. The lowest BCUT2D eigenvalue weighted by atomic mass is 9.91. The van der Waals surface area contributed by atoms with Gasteiger partial charge in [0.15, 0.2) is 0 Å². The van der Waals surface area contributed by atoms with Gasteiger partial charge in [0.25, 0.3) is 0 Å². The molecule has 3 atom stereocenters. The van der Waals surface area contributed by atoms with Crippen LogP contribution in [0.15, 0.2) is 0 Å². The molecule has 0 spiro atoms. The van der Waals surface area contributed by atoms with E-state index < -0.39 is 0 Å². The van der Waals surface area contributed by atoms with Crippen molar-refractivity contribution in [2.24, 2.45) is 0 Å². The second-order valence-corrected chi connectivity index (χ2v) is 4.51. The quantitative estimate of drug-likeness (QED) is 0.650. The molecule has 3 nitrogen and oxygen atoms in total. The van der Waals surface area contributed by atoms with Crippen molar-refractivity contribution in [1.82, 2.24) is 4.90 Å². The van der Waals surface area contributed by atoms with Crippen LogP contribution in [0.2, 0.25) is 0 Å². The molecule has 2 fully saturated rings. The first-order valence-corrected chi connectivity index (χ1v) is 5.21. The molecule has 0 aliphatic carbocycles. The third kappa shape index (κ3) is 1.73. The molecule has 1 N–H and O–H groups in total. The van der Waals surface area contributed by atoms with E-state index >= 15 is 0 Å². The zero-order valence-electron chi connectivity index (χ0n) is 8.44. The Bertz CT molecular complexity index is 170. The lowest BCUT2D eigenvalue weighted by Crippen LogP contribution is -2.60. The first-order chi connectivity index (χ1) is 6.18. The molecule has 3 heteroatoms. The minimum Gasteiger partial charge on any atom is -0.393 e. The molecule has 0 radical (unpaired) electrons. The predicted octanol–water partition coefficient (Wildman–Crippen LogP) is 0.619. The molecule has 0 aromatic heterocycles. The molecule has 2 aliphatic rings. The molecule has 76 valence electrons. The molecule has 0 aromatic rings. The fraction of sp³-hybridized carbons (Fsp3) is 1.00. The Balaban J connectivity index is 2.10. The Labute approximate surface area is 79.7 Å². The van der Waals surface area contributed by atoms with Crippen LogP contribution in [-0.2, 0) is 4.74 Å². The van der Waals surface area contributed by atoms with E-state index in [1.165, 1.54) is 0 Å². The van der Waals surface area contributed by atoms with Crippen molar-refractivity contribution in [2.45, 2.75) is 50.9 Å². The first-order valence-electron chi connectivity index (χ1n) is 5.21. The van der Waals surface area contributed by atoms with Gasteiger partial charge in [-0.05, 0) is 26.7 Å². The normalized spacial score (nSPS) is 41.1. The lowest BCUT2D eigenvalue weighted by Gasteiger charge is -2.49. The number of aliphatic hydroxyl groups excluding tert-OH is 1. The summed E-state index contributed by atoms with van der Waals surface area (Å²) in [4.78, 5) is 2.51. The minimum atomic E-state index is -0.103. The fourth-order valence-corrected chi connectivity index (χ4v) is 2.76. The molecule has 13 heavy (non-hydrogen) atoms. The molecule has 2 heterocycles. The van der Waals surface area contributed by atoms with E-state index in [0.717, 1.165) is 26.1 Å². The Hall–Kier alpha value is -0.120. The second kappa shape index (κ2) is 3.56. The summed E-state index contributed by atoms with van der Waals surface area (Å²) in [5, 5.41) is 9.63. The lowest BCUT2D eigenvalue weighted by molar-refractivity contribution is -0.116. The number of hydrogen-bond donors (Lipinski definition) is 1.